The standard InChI is InChI=1S/C15H23FN2O/c1-3-14-10-19-11(2)8-18(14)9-12-4-5-15(16)13(6-12)7-17/h4-6,11,14H,3,7-10,17H2,1-2H3. The summed E-state index contributed by atoms with van der Waals surface area (Å²) < 4.78 is 19.1. The van der Waals surface area contributed by atoms with E-state index in [-0.39, 0.29) is 18.5 Å². The van der Waals surface area contributed by atoms with Crippen LogP contribution in [0.1, 0.15) is 31.4 Å². The molecule has 0 aromatic heterocycles. The number of ether oxygens (including phenoxy) is 1. The van der Waals surface area contributed by atoms with Crippen molar-refractivity contribution in [3.8, 4) is 0 Å². The molecule has 0 aliphatic carbocycles. The van der Waals surface area contributed by atoms with Crippen LogP contribution in [0.15, 0.2) is 18.2 Å². The number of hydrogen-bond acceptors (Lipinski definition) is 3. The van der Waals surface area contributed by atoms with E-state index in [0.29, 0.717) is 11.6 Å². The van der Waals surface area contributed by atoms with Gasteiger partial charge in [0, 0.05) is 31.2 Å². The first-order chi connectivity index (χ1) is 9.13. The van der Waals surface area contributed by atoms with Crippen molar-refractivity contribution in [3.05, 3.63) is 35.1 Å². The molecule has 1 saturated heterocycles. The third kappa shape index (κ3) is 3.53. The molecular formula is C15H23FN2O. The Balaban J connectivity index is 2.10. The Hall–Kier alpha value is -0.970. The SMILES string of the molecule is CCC1COC(C)CN1Cc1ccc(F)c(CN)c1. The number of morpholine rings is 1. The highest BCUT2D eigenvalue weighted by molar-refractivity contribution is 5.25. The van der Waals surface area contributed by atoms with Crippen molar-refractivity contribution in [2.24, 2.45) is 5.73 Å². The van der Waals surface area contributed by atoms with E-state index in [4.69, 9.17) is 10.5 Å². The summed E-state index contributed by atoms with van der Waals surface area (Å²) in [4.78, 5) is 2.42. The minimum absolute atomic E-state index is 0.214. The third-order valence-electron chi connectivity index (χ3n) is 3.77. The van der Waals surface area contributed by atoms with Crippen molar-refractivity contribution in [1.29, 1.82) is 0 Å². The molecule has 0 bridgehead atoms. The Bertz CT molecular complexity index is 425. The largest absolute Gasteiger partial charge is 0.376 e. The molecule has 0 amide bonds. The summed E-state index contributed by atoms with van der Waals surface area (Å²) in [5.41, 5.74) is 7.26. The summed E-state index contributed by atoms with van der Waals surface area (Å²) >= 11 is 0. The molecule has 0 radical (unpaired) electrons. The van der Waals surface area contributed by atoms with Crippen LogP contribution in [0.4, 0.5) is 4.39 Å². The van der Waals surface area contributed by atoms with E-state index in [9.17, 15) is 4.39 Å². The maximum absolute atomic E-state index is 13.4. The van der Waals surface area contributed by atoms with Gasteiger partial charge in [-0.05, 0) is 25.0 Å². The molecule has 2 atom stereocenters. The van der Waals surface area contributed by atoms with Gasteiger partial charge in [0.15, 0.2) is 0 Å². The lowest BCUT2D eigenvalue weighted by molar-refractivity contribution is -0.0592. The van der Waals surface area contributed by atoms with Crippen LogP contribution in [0.3, 0.4) is 0 Å². The fourth-order valence-electron chi connectivity index (χ4n) is 2.60. The topological polar surface area (TPSA) is 38.5 Å². The van der Waals surface area contributed by atoms with E-state index in [1.807, 2.05) is 12.1 Å². The monoisotopic (exact) mass is 266 g/mol. The average Bonchev–Trinajstić information content (AvgIpc) is 2.41. The zero-order valence-electron chi connectivity index (χ0n) is 11.7. The fraction of sp³-hybridized carbons (Fsp3) is 0.600. The Morgan fingerprint density at radius 3 is 2.95 bits per heavy atom. The zero-order valence-corrected chi connectivity index (χ0v) is 11.7. The number of nitrogens with two attached hydrogens (primary N) is 1. The average molecular weight is 266 g/mol. The molecular weight excluding hydrogens is 243 g/mol. The Labute approximate surface area is 114 Å². The molecule has 0 spiro atoms. The zero-order chi connectivity index (χ0) is 13.8. The number of hydrogen-bond donors (Lipinski definition) is 1. The molecule has 3 nitrogen and oxygen atoms in total. The molecule has 106 valence electrons. The van der Waals surface area contributed by atoms with Crippen molar-refractivity contribution in [1.82, 2.24) is 4.90 Å². The maximum Gasteiger partial charge on any atom is 0.127 e. The van der Waals surface area contributed by atoms with E-state index in [0.717, 1.165) is 31.7 Å². The highest BCUT2D eigenvalue weighted by atomic mass is 19.1. The van der Waals surface area contributed by atoms with Crippen LogP contribution < -0.4 is 5.73 Å². The minimum Gasteiger partial charge on any atom is -0.376 e. The second-order valence-electron chi connectivity index (χ2n) is 5.27. The van der Waals surface area contributed by atoms with Gasteiger partial charge in [-0.15, -0.1) is 0 Å². The van der Waals surface area contributed by atoms with Crippen LogP contribution in [0.25, 0.3) is 0 Å². The summed E-state index contributed by atoms with van der Waals surface area (Å²) in [5, 5.41) is 0. The third-order valence-corrected chi connectivity index (χ3v) is 3.77. The first-order valence-corrected chi connectivity index (χ1v) is 6.97. The van der Waals surface area contributed by atoms with E-state index in [2.05, 4.69) is 18.7 Å². The molecule has 1 aromatic carbocycles. The molecule has 4 heteroatoms. The van der Waals surface area contributed by atoms with Crippen LogP contribution in [0.5, 0.6) is 0 Å². The molecule has 1 heterocycles. The van der Waals surface area contributed by atoms with Gasteiger partial charge in [-0.2, -0.15) is 0 Å². The molecule has 2 unspecified atom stereocenters. The van der Waals surface area contributed by atoms with Crippen LogP contribution in [0.2, 0.25) is 0 Å². The van der Waals surface area contributed by atoms with Gasteiger partial charge in [-0.25, -0.2) is 4.39 Å². The van der Waals surface area contributed by atoms with Crippen LogP contribution in [0, 0.1) is 5.82 Å². The van der Waals surface area contributed by atoms with Gasteiger partial charge < -0.3 is 10.5 Å². The second kappa shape index (κ2) is 6.46. The minimum atomic E-state index is -0.214. The van der Waals surface area contributed by atoms with Crippen LogP contribution in [-0.2, 0) is 17.8 Å². The smallest absolute Gasteiger partial charge is 0.127 e. The van der Waals surface area contributed by atoms with Crippen molar-refractivity contribution in [2.75, 3.05) is 13.2 Å². The molecule has 1 aliphatic rings. The summed E-state index contributed by atoms with van der Waals surface area (Å²) in [5.74, 6) is -0.214. The maximum atomic E-state index is 13.4. The van der Waals surface area contributed by atoms with Gasteiger partial charge in [0.1, 0.15) is 5.82 Å². The molecule has 1 fully saturated rings. The van der Waals surface area contributed by atoms with Gasteiger partial charge in [-0.1, -0.05) is 19.1 Å². The molecule has 0 saturated carbocycles. The molecule has 2 N–H and O–H groups in total. The number of halogens is 1. The Kier molecular flexibility index (Phi) is 4.91. The van der Waals surface area contributed by atoms with Gasteiger partial charge >= 0.3 is 0 Å². The van der Waals surface area contributed by atoms with E-state index >= 15 is 0 Å². The predicted octanol–water partition coefficient (Wildman–Crippen LogP) is 2.28. The van der Waals surface area contributed by atoms with Gasteiger partial charge in [0.05, 0.1) is 12.7 Å². The number of nitrogens with zero attached hydrogens (tertiary/aromatic N) is 1. The van der Waals surface area contributed by atoms with Crippen molar-refractivity contribution in [2.45, 2.75) is 45.5 Å². The van der Waals surface area contributed by atoms with Gasteiger partial charge in [0.2, 0.25) is 0 Å². The lowest BCUT2D eigenvalue weighted by Crippen LogP contribution is -2.47. The number of rotatable bonds is 4. The van der Waals surface area contributed by atoms with E-state index in [1.54, 1.807) is 0 Å². The van der Waals surface area contributed by atoms with Crippen LogP contribution >= 0.6 is 0 Å². The van der Waals surface area contributed by atoms with Crippen molar-refractivity contribution >= 4 is 0 Å². The summed E-state index contributed by atoms with van der Waals surface area (Å²) in [7, 11) is 0. The van der Waals surface area contributed by atoms with E-state index in [1.165, 1.54) is 6.07 Å². The molecule has 1 aromatic rings. The first-order valence-electron chi connectivity index (χ1n) is 6.97. The lowest BCUT2D eigenvalue weighted by Gasteiger charge is -2.38. The highest BCUT2D eigenvalue weighted by Crippen LogP contribution is 2.19. The lowest BCUT2D eigenvalue weighted by atomic mass is 10.1. The molecule has 1 aliphatic heterocycles. The molecule has 19 heavy (non-hydrogen) atoms. The summed E-state index contributed by atoms with van der Waals surface area (Å²) in [6, 6.07) is 5.69. The number of benzene rings is 1. The quantitative estimate of drug-likeness (QED) is 0.908. The Morgan fingerprint density at radius 2 is 2.26 bits per heavy atom. The van der Waals surface area contributed by atoms with Crippen molar-refractivity contribution in [3.63, 3.8) is 0 Å². The van der Waals surface area contributed by atoms with Gasteiger partial charge in [0.25, 0.3) is 0 Å². The van der Waals surface area contributed by atoms with Crippen LogP contribution in [-0.4, -0.2) is 30.2 Å². The summed E-state index contributed by atoms with van der Waals surface area (Å²) in [6.07, 6.45) is 1.33. The predicted molar refractivity (Wildman–Crippen MR) is 74.2 cm³/mol. The van der Waals surface area contributed by atoms with Crippen molar-refractivity contribution < 1.29 is 9.13 Å². The normalized spacial score (nSPS) is 24.6. The fourth-order valence-corrected chi connectivity index (χ4v) is 2.60. The second-order valence-corrected chi connectivity index (χ2v) is 5.27. The highest BCUT2D eigenvalue weighted by Gasteiger charge is 2.25. The Morgan fingerprint density at radius 1 is 1.47 bits per heavy atom. The molecule has 2 rings (SSSR count). The first kappa shape index (κ1) is 14.4. The summed E-state index contributed by atoms with van der Waals surface area (Å²) in [6.45, 7) is 7.05. The van der Waals surface area contributed by atoms with Gasteiger partial charge in [-0.3, -0.25) is 4.90 Å². The van der Waals surface area contributed by atoms with E-state index < -0.39 is 0 Å².